The molecule has 0 aliphatic rings. The Kier molecular flexibility index (Phi) is 4.10. The Hall–Kier alpha value is -2.40. The van der Waals surface area contributed by atoms with Gasteiger partial charge in [-0.15, -0.1) is 0 Å². The van der Waals surface area contributed by atoms with E-state index in [9.17, 15) is 4.79 Å². The van der Waals surface area contributed by atoms with Gasteiger partial charge < -0.3 is 15.2 Å². The zero-order chi connectivity index (χ0) is 13.7. The van der Waals surface area contributed by atoms with Crippen LogP contribution in [0.3, 0.4) is 0 Å². The number of hydrogen-bond donors (Lipinski definition) is 2. The number of nitrogens with zero attached hydrogens (tertiary/aromatic N) is 1. The number of pyridine rings is 1. The molecule has 5 nitrogen and oxygen atoms in total. The van der Waals surface area contributed by atoms with E-state index in [1.54, 1.807) is 13.2 Å². The number of carboxylic acids is 1. The van der Waals surface area contributed by atoms with E-state index < -0.39 is 5.97 Å². The molecule has 1 aromatic carbocycles. The molecule has 0 unspecified atom stereocenters. The van der Waals surface area contributed by atoms with Gasteiger partial charge >= 0.3 is 5.97 Å². The van der Waals surface area contributed by atoms with Crippen LogP contribution in [0.25, 0.3) is 0 Å². The lowest BCUT2D eigenvalue weighted by Crippen LogP contribution is -2.00. The molecule has 0 aliphatic carbocycles. The molecular formula is C14H14N2O3. The van der Waals surface area contributed by atoms with Crippen LogP contribution in [-0.2, 0) is 11.3 Å². The molecule has 0 saturated heterocycles. The molecule has 0 saturated carbocycles. The van der Waals surface area contributed by atoms with Crippen molar-refractivity contribution < 1.29 is 14.6 Å². The second-order valence-electron chi connectivity index (χ2n) is 4.00. The summed E-state index contributed by atoms with van der Waals surface area (Å²) in [6.45, 7) is 0.547. The number of carbonyl (C=O) groups is 1. The van der Waals surface area contributed by atoms with E-state index in [1.807, 2.05) is 24.3 Å². The Morgan fingerprint density at radius 2 is 2.16 bits per heavy atom. The predicted octanol–water partition coefficient (Wildman–Crippen LogP) is 2.67. The van der Waals surface area contributed by atoms with Crippen molar-refractivity contribution in [3.63, 3.8) is 0 Å². The summed E-state index contributed by atoms with van der Waals surface area (Å²) < 4.78 is 5.07. The van der Waals surface area contributed by atoms with Gasteiger partial charge in [0.1, 0.15) is 5.69 Å². The molecule has 2 N–H and O–H groups in total. The molecule has 1 heterocycles. The maximum absolute atomic E-state index is 10.7. The van der Waals surface area contributed by atoms with Gasteiger partial charge in [-0.1, -0.05) is 12.1 Å². The van der Waals surface area contributed by atoms with Gasteiger partial charge in [-0.25, -0.2) is 9.78 Å². The van der Waals surface area contributed by atoms with Crippen LogP contribution in [0.1, 0.15) is 16.1 Å². The molecule has 0 fully saturated rings. The number of nitrogens with one attached hydrogen (secondary N) is 1. The van der Waals surface area contributed by atoms with E-state index in [-0.39, 0.29) is 5.69 Å². The van der Waals surface area contributed by atoms with Crippen molar-refractivity contribution >= 4 is 17.3 Å². The number of ether oxygens (including phenoxy) is 1. The fourth-order valence-electron chi connectivity index (χ4n) is 1.67. The number of methoxy groups -OCH3 is 1. The average molecular weight is 258 g/mol. The number of benzene rings is 1. The summed E-state index contributed by atoms with van der Waals surface area (Å²) in [7, 11) is 1.65. The molecule has 2 rings (SSSR count). The molecule has 1 aromatic heterocycles. The highest BCUT2D eigenvalue weighted by Gasteiger charge is 2.03. The van der Waals surface area contributed by atoms with Crippen molar-refractivity contribution in [1.29, 1.82) is 0 Å². The number of aromatic nitrogens is 1. The van der Waals surface area contributed by atoms with Gasteiger partial charge in [0.2, 0.25) is 0 Å². The summed E-state index contributed by atoms with van der Waals surface area (Å²) in [5.74, 6) is -1.03. The van der Waals surface area contributed by atoms with Gasteiger partial charge in [-0.2, -0.15) is 0 Å². The van der Waals surface area contributed by atoms with Crippen LogP contribution >= 0.6 is 0 Å². The number of carboxylic acid groups (broad SMARTS) is 1. The number of anilines is 2. The summed E-state index contributed by atoms with van der Waals surface area (Å²) in [5, 5.41) is 11.9. The van der Waals surface area contributed by atoms with Crippen LogP contribution in [0, 0.1) is 0 Å². The number of aromatic carboxylic acids is 1. The maximum Gasteiger partial charge on any atom is 0.354 e. The van der Waals surface area contributed by atoms with E-state index in [0.717, 1.165) is 16.9 Å². The minimum absolute atomic E-state index is 0.0266. The van der Waals surface area contributed by atoms with Gasteiger partial charge in [0.15, 0.2) is 0 Å². The van der Waals surface area contributed by atoms with E-state index in [0.29, 0.717) is 6.61 Å². The Morgan fingerprint density at radius 1 is 1.32 bits per heavy atom. The van der Waals surface area contributed by atoms with Crippen LogP contribution in [0.2, 0.25) is 0 Å². The van der Waals surface area contributed by atoms with Gasteiger partial charge in [0.05, 0.1) is 18.5 Å². The van der Waals surface area contributed by atoms with Crippen molar-refractivity contribution in [2.75, 3.05) is 12.4 Å². The average Bonchev–Trinajstić information content (AvgIpc) is 2.40. The standard InChI is InChI=1S/C14H14N2O3/c1-19-9-10-3-2-4-11(7-10)16-12-5-6-13(14(17)18)15-8-12/h2-8,16H,9H2,1H3,(H,17,18). The van der Waals surface area contributed by atoms with E-state index in [1.165, 1.54) is 12.3 Å². The minimum atomic E-state index is -1.03. The smallest absolute Gasteiger partial charge is 0.354 e. The quantitative estimate of drug-likeness (QED) is 0.862. The fourth-order valence-corrected chi connectivity index (χ4v) is 1.67. The molecular weight excluding hydrogens is 244 g/mol. The summed E-state index contributed by atoms with van der Waals surface area (Å²) >= 11 is 0. The van der Waals surface area contributed by atoms with Crippen LogP contribution in [0.4, 0.5) is 11.4 Å². The SMILES string of the molecule is COCc1cccc(Nc2ccc(C(=O)O)nc2)c1. The van der Waals surface area contributed by atoms with Crippen LogP contribution in [0.5, 0.6) is 0 Å². The summed E-state index contributed by atoms with van der Waals surface area (Å²) in [6, 6.07) is 10.9. The lowest BCUT2D eigenvalue weighted by molar-refractivity contribution is 0.0690. The van der Waals surface area contributed by atoms with E-state index in [4.69, 9.17) is 9.84 Å². The summed E-state index contributed by atoms with van der Waals surface area (Å²) in [4.78, 5) is 14.5. The largest absolute Gasteiger partial charge is 0.477 e. The third kappa shape index (κ3) is 3.53. The van der Waals surface area contributed by atoms with Crippen LogP contribution < -0.4 is 5.32 Å². The predicted molar refractivity (Wildman–Crippen MR) is 71.6 cm³/mol. The molecule has 5 heteroatoms. The summed E-state index contributed by atoms with van der Waals surface area (Å²) in [6.07, 6.45) is 1.49. The van der Waals surface area contributed by atoms with E-state index in [2.05, 4.69) is 10.3 Å². The third-order valence-corrected chi connectivity index (χ3v) is 2.51. The first-order chi connectivity index (χ1) is 9.19. The zero-order valence-electron chi connectivity index (χ0n) is 10.5. The highest BCUT2D eigenvalue weighted by molar-refractivity contribution is 5.85. The lowest BCUT2D eigenvalue weighted by atomic mass is 10.2. The second kappa shape index (κ2) is 5.97. The molecule has 19 heavy (non-hydrogen) atoms. The molecule has 0 aliphatic heterocycles. The monoisotopic (exact) mass is 258 g/mol. The Balaban J connectivity index is 2.12. The number of rotatable bonds is 5. The normalized spacial score (nSPS) is 10.2. The van der Waals surface area contributed by atoms with Crippen molar-refractivity contribution in [1.82, 2.24) is 4.98 Å². The van der Waals surface area contributed by atoms with Gasteiger partial charge in [0, 0.05) is 12.8 Å². The first-order valence-corrected chi connectivity index (χ1v) is 5.73. The molecule has 0 spiro atoms. The molecule has 2 aromatic rings. The summed E-state index contributed by atoms with van der Waals surface area (Å²) in [5.41, 5.74) is 2.72. The molecule has 0 atom stereocenters. The molecule has 0 amide bonds. The van der Waals surface area contributed by atoms with Crippen molar-refractivity contribution in [3.8, 4) is 0 Å². The highest BCUT2D eigenvalue weighted by Crippen LogP contribution is 2.17. The Labute approximate surface area is 110 Å². The van der Waals surface area contributed by atoms with Crippen molar-refractivity contribution in [3.05, 3.63) is 53.9 Å². The Morgan fingerprint density at radius 3 is 2.79 bits per heavy atom. The number of hydrogen-bond acceptors (Lipinski definition) is 4. The highest BCUT2D eigenvalue weighted by atomic mass is 16.5. The zero-order valence-corrected chi connectivity index (χ0v) is 10.5. The first-order valence-electron chi connectivity index (χ1n) is 5.73. The van der Waals surface area contributed by atoms with Crippen LogP contribution in [-0.4, -0.2) is 23.2 Å². The van der Waals surface area contributed by atoms with Crippen molar-refractivity contribution in [2.24, 2.45) is 0 Å². The first kappa shape index (κ1) is 13.0. The third-order valence-electron chi connectivity index (χ3n) is 2.51. The van der Waals surface area contributed by atoms with Gasteiger partial charge in [0.25, 0.3) is 0 Å². The molecule has 98 valence electrons. The topological polar surface area (TPSA) is 71.5 Å². The fraction of sp³-hybridized carbons (Fsp3) is 0.143. The second-order valence-corrected chi connectivity index (χ2v) is 4.00. The molecule has 0 bridgehead atoms. The Bertz CT molecular complexity index is 567. The maximum atomic E-state index is 10.7. The van der Waals surface area contributed by atoms with Gasteiger partial charge in [-0.3, -0.25) is 0 Å². The van der Waals surface area contributed by atoms with E-state index >= 15 is 0 Å². The van der Waals surface area contributed by atoms with Crippen LogP contribution in [0.15, 0.2) is 42.6 Å². The minimum Gasteiger partial charge on any atom is -0.477 e. The molecule has 0 radical (unpaired) electrons. The lowest BCUT2D eigenvalue weighted by Gasteiger charge is -2.08. The van der Waals surface area contributed by atoms with Crippen molar-refractivity contribution in [2.45, 2.75) is 6.61 Å². The van der Waals surface area contributed by atoms with Gasteiger partial charge in [-0.05, 0) is 29.8 Å².